The Bertz CT molecular complexity index is 410. The van der Waals surface area contributed by atoms with Gasteiger partial charge in [-0.1, -0.05) is 19.1 Å². The zero-order valence-corrected chi connectivity index (χ0v) is 10.1. The SMILES string of the molecule is CCC1(C(=O)c2ccccc2F)CCCNC1. The van der Waals surface area contributed by atoms with Gasteiger partial charge in [0.1, 0.15) is 5.82 Å². The largest absolute Gasteiger partial charge is 0.316 e. The summed E-state index contributed by atoms with van der Waals surface area (Å²) in [5, 5.41) is 3.25. The number of rotatable bonds is 3. The van der Waals surface area contributed by atoms with Crippen molar-refractivity contribution in [1.82, 2.24) is 5.32 Å². The van der Waals surface area contributed by atoms with E-state index in [9.17, 15) is 9.18 Å². The molecule has 1 aromatic rings. The molecule has 1 atom stereocenters. The van der Waals surface area contributed by atoms with Gasteiger partial charge in [-0.2, -0.15) is 0 Å². The van der Waals surface area contributed by atoms with Crippen molar-refractivity contribution in [3.63, 3.8) is 0 Å². The summed E-state index contributed by atoms with van der Waals surface area (Å²) in [4.78, 5) is 12.5. The molecule has 0 bridgehead atoms. The van der Waals surface area contributed by atoms with Crippen LogP contribution in [0.5, 0.6) is 0 Å². The van der Waals surface area contributed by atoms with E-state index < -0.39 is 11.2 Å². The van der Waals surface area contributed by atoms with Gasteiger partial charge in [0.25, 0.3) is 0 Å². The fourth-order valence-corrected chi connectivity index (χ4v) is 2.56. The van der Waals surface area contributed by atoms with E-state index in [1.807, 2.05) is 6.92 Å². The molecule has 1 aliphatic heterocycles. The van der Waals surface area contributed by atoms with Crippen LogP contribution < -0.4 is 5.32 Å². The molecular formula is C14H18FNO. The molecule has 1 saturated heterocycles. The molecule has 17 heavy (non-hydrogen) atoms. The maximum absolute atomic E-state index is 13.7. The Hall–Kier alpha value is -1.22. The topological polar surface area (TPSA) is 29.1 Å². The molecule has 2 rings (SSSR count). The van der Waals surface area contributed by atoms with Crippen LogP contribution in [0, 0.1) is 11.2 Å². The van der Waals surface area contributed by atoms with Crippen molar-refractivity contribution in [2.24, 2.45) is 5.41 Å². The summed E-state index contributed by atoms with van der Waals surface area (Å²) in [6.07, 6.45) is 2.59. The van der Waals surface area contributed by atoms with Crippen molar-refractivity contribution in [2.75, 3.05) is 13.1 Å². The van der Waals surface area contributed by atoms with E-state index in [0.29, 0.717) is 6.54 Å². The molecule has 2 nitrogen and oxygen atoms in total. The van der Waals surface area contributed by atoms with Gasteiger partial charge < -0.3 is 5.32 Å². The van der Waals surface area contributed by atoms with E-state index in [2.05, 4.69) is 5.32 Å². The average molecular weight is 235 g/mol. The van der Waals surface area contributed by atoms with E-state index in [-0.39, 0.29) is 11.3 Å². The van der Waals surface area contributed by atoms with E-state index >= 15 is 0 Å². The van der Waals surface area contributed by atoms with Crippen molar-refractivity contribution < 1.29 is 9.18 Å². The predicted molar refractivity (Wildman–Crippen MR) is 65.6 cm³/mol. The number of halogens is 1. The molecule has 0 aromatic heterocycles. The Morgan fingerprint density at radius 1 is 1.47 bits per heavy atom. The average Bonchev–Trinajstić information content (AvgIpc) is 2.39. The number of carbonyl (C=O) groups excluding carboxylic acids is 1. The van der Waals surface area contributed by atoms with Gasteiger partial charge in [-0.05, 0) is 37.9 Å². The van der Waals surface area contributed by atoms with Crippen LogP contribution in [0.2, 0.25) is 0 Å². The molecule has 1 heterocycles. The Kier molecular flexibility index (Phi) is 3.57. The third kappa shape index (κ3) is 2.25. The first-order valence-electron chi connectivity index (χ1n) is 6.20. The lowest BCUT2D eigenvalue weighted by Gasteiger charge is -2.35. The maximum Gasteiger partial charge on any atom is 0.173 e. The molecule has 0 amide bonds. The van der Waals surface area contributed by atoms with Gasteiger partial charge in [-0.15, -0.1) is 0 Å². The summed E-state index contributed by atoms with van der Waals surface area (Å²) in [5.74, 6) is -0.457. The molecule has 92 valence electrons. The smallest absolute Gasteiger partial charge is 0.173 e. The number of nitrogens with one attached hydrogen (secondary N) is 1. The van der Waals surface area contributed by atoms with Crippen molar-refractivity contribution in [1.29, 1.82) is 0 Å². The Morgan fingerprint density at radius 3 is 2.82 bits per heavy atom. The van der Waals surface area contributed by atoms with Gasteiger partial charge in [-0.25, -0.2) is 4.39 Å². The van der Waals surface area contributed by atoms with Gasteiger partial charge in [-0.3, -0.25) is 4.79 Å². The van der Waals surface area contributed by atoms with Crippen LogP contribution in [0.25, 0.3) is 0 Å². The standard InChI is InChI=1S/C14H18FNO/c1-2-14(8-5-9-16-10-14)13(17)11-6-3-4-7-12(11)15/h3-4,6-7,16H,2,5,8-10H2,1H3. The lowest BCUT2D eigenvalue weighted by molar-refractivity contribution is 0.0726. The number of Topliss-reactive ketones (excluding diaryl/α,β-unsaturated/α-hetero) is 1. The van der Waals surface area contributed by atoms with Crippen LogP contribution in [0.3, 0.4) is 0 Å². The lowest BCUT2D eigenvalue weighted by Crippen LogP contribution is -2.45. The zero-order chi connectivity index (χ0) is 12.3. The summed E-state index contributed by atoms with van der Waals surface area (Å²) >= 11 is 0. The number of hydrogen-bond acceptors (Lipinski definition) is 2. The van der Waals surface area contributed by atoms with Gasteiger partial charge >= 0.3 is 0 Å². The highest BCUT2D eigenvalue weighted by atomic mass is 19.1. The minimum Gasteiger partial charge on any atom is -0.316 e. The number of carbonyl (C=O) groups is 1. The third-order valence-electron chi connectivity index (χ3n) is 3.75. The second-order valence-corrected chi connectivity index (χ2v) is 4.72. The molecule has 0 radical (unpaired) electrons. The van der Waals surface area contributed by atoms with E-state index in [1.165, 1.54) is 6.07 Å². The molecule has 1 N–H and O–H groups in total. The van der Waals surface area contributed by atoms with Gasteiger partial charge in [0.15, 0.2) is 5.78 Å². The molecular weight excluding hydrogens is 217 g/mol. The maximum atomic E-state index is 13.7. The summed E-state index contributed by atoms with van der Waals surface area (Å²) < 4.78 is 13.7. The van der Waals surface area contributed by atoms with Gasteiger partial charge in [0.05, 0.1) is 5.56 Å². The number of ketones is 1. The first kappa shape index (κ1) is 12.2. The second-order valence-electron chi connectivity index (χ2n) is 4.72. The Morgan fingerprint density at radius 2 is 2.24 bits per heavy atom. The molecule has 0 aliphatic carbocycles. The first-order chi connectivity index (χ1) is 8.19. The van der Waals surface area contributed by atoms with Crippen molar-refractivity contribution >= 4 is 5.78 Å². The molecule has 0 saturated carbocycles. The first-order valence-corrected chi connectivity index (χ1v) is 6.20. The Balaban J connectivity index is 2.32. The quantitative estimate of drug-likeness (QED) is 0.816. The van der Waals surface area contributed by atoms with Crippen LogP contribution in [-0.2, 0) is 0 Å². The number of benzene rings is 1. The minimum atomic E-state index is -0.416. The fraction of sp³-hybridized carbons (Fsp3) is 0.500. The highest BCUT2D eigenvalue weighted by Crippen LogP contribution is 2.34. The lowest BCUT2D eigenvalue weighted by atomic mass is 9.72. The highest BCUT2D eigenvalue weighted by molar-refractivity contribution is 6.01. The third-order valence-corrected chi connectivity index (χ3v) is 3.75. The normalized spacial score (nSPS) is 24.6. The molecule has 0 spiro atoms. The summed E-state index contributed by atoms with van der Waals surface area (Å²) in [7, 11) is 0. The monoisotopic (exact) mass is 235 g/mol. The van der Waals surface area contributed by atoms with Gasteiger partial charge in [0.2, 0.25) is 0 Å². The molecule has 1 aromatic carbocycles. The van der Waals surface area contributed by atoms with Crippen LogP contribution in [-0.4, -0.2) is 18.9 Å². The van der Waals surface area contributed by atoms with Crippen LogP contribution in [0.15, 0.2) is 24.3 Å². The second kappa shape index (κ2) is 4.96. The van der Waals surface area contributed by atoms with Crippen molar-refractivity contribution in [3.05, 3.63) is 35.6 Å². The number of piperidine rings is 1. The fourth-order valence-electron chi connectivity index (χ4n) is 2.56. The van der Waals surface area contributed by atoms with E-state index in [4.69, 9.17) is 0 Å². The van der Waals surface area contributed by atoms with Crippen molar-refractivity contribution in [3.8, 4) is 0 Å². The molecule has 1 fully saturated rings. The number of hydrogen-bond donors (Lipinski definition) is 1. The molecule has 3 heteroatoms. The summed E-state index contributed by atoms with van der Waals surface area (Å²) in [6, 6.07) is 6.27. The highest BCUT2D eigenvalue weighted by Gasteiger charge is 2.39. The van der Waals surface area contributed by atoms with E-state index in [0.717, 1.165) is 25.8 Å². The van der Waals surface area contributed by atoms with Crippen molar-refractivity contribution in [2.45, 2.75) is 26.2 Å². The summed E-state index contributed by atoms with van der Waals surface area (Å²) in [5.41, 5.74) is -0.182. The Labute approximate surface area is 101 Å². The van der Waals surface area contributed by atoms with Crippen LogP contribution >= 0.6 is 0 Å². The van der Waals surface area contributed by atoms with Gasteiger partial charge in [0, 0.05) is 12.0 Å². The van der Waals surface area contributed by atoms with Crippen LogP contribution in [0.1, 0.15) is 36.5 Å². The molecule has 1 unspecified atom stereocenters. The van der Waals surface area contributed by atoms with E-state index in [1.54, 1.807) is 18.2 Å². The predicted octanol–water partition coefficient (Wildman–Crippen LogP) is 2.79. The molecule has 1 aliphatic rings. The summed E-state index contributed by atoms with van der Waals surface area (Å²) in [6.45, 7) is 3.62. The zero-order valence-electron chi connectivity index (χ0n) is 10.1. The minimum absolute atomic E-state index is 0.0506. The van der Waals surface area contributed by atoms with Crippen LogP contribution in [0.4, 0.5) is 4.39 Å².